The van der Waals surface area contributed by atoms with Crippen LogP contribution >= 0.6 is 0 Å². The molecule has 2 N–H and O–H groups in total. The number of hydrogen-bond acceptors (Lipinski definition) is 2. The molecule has 1 unspecified atom stereocenters. The SMILES string of the molecule is C#CCC(N)C(=O)N(C)Cc1cccc(C)c1. The maximum absolute atomic E-state index is 11.8. The highest BCUT2D eigenvalue weighted by atomic mass is 16.2. The van der Waals surface area contributed by atoms with Crippen molar-refractivity contribution in [2.75, 3.05) is 7.05 Å². The molecule has 1 aromatic carbocycles. The van der Waals surface area contributed by atoms with Crippen molar-refractivity contribution in [3.05, 3.63) is 35.4 Å². The molecule has 1 aromatic rings. The Balaban J connectivity index is 2.63. The third-order valence-electron chi connectivity index (χ3n) is 2.53. The first-order valence-corrected chi connectivity index (χ1v) is 5.54. The zero-order valence-electron chi connectivity index (χ0n) is 10.3. The summed E-state index contributed by atoms with van der Waals surface area (Å²) in [4.78, 5) is 13.4. The van der Waals surface area contributed by atoms with Gasteiger partial charge in [0.25, 0.3) is 0 Å². The van der Waals surface area contributed by atoms with Gasteiger partial charge in [0, 0.05) is 20.0 Å². The van der Waals surface area contributed by atoms with Crippen molar-refractivity contribution >= 4 is 5.91 Å². The molecule has 0 bridgehead atoms. The number of carbonyl (C=O) groups excluding carboxylic acids is 1. The fourth-order valence-corrected chi connectivity index (χ4v) is 1.66. The molecule has 90 valence electrons. The Kier molecular flexibility index (Phi) is 4.74. The van der Waals surface area contributed by atoms with Gasteiger partial charge < -0.3 is 10.6 Å². The van der Waals surface area contributed by atoms with E-state index in [0.29, 0.717) is 6.54 Å². The fourth-order valence-electron chi connectivity index (χ4n) is 1.66. The molecule has 0 aromatic heterocycles. The van der Waals surface area contributed by atoms with Gasteiger partial charge in [-0.3, -0.25) is 4.79 Å². The maximum atomic E-state index is 11.8. The molecule has 0 spiro atoms. The number of rotatable bonds is 4. The van der Waals surface area contributed by atoms with Gasteiger partial charge in [0.1, 0.15) is 0 Å². The summed E-state index contributed by atoms with van der Waals surface area (Å²) in [5.41, 5.74) is 7.95. The Bertz CT molecular complexity index is 434. The van der Waals surface area contributed by atoms with Crippen LogP contribution in [0.2, 0.25) is 0 Å². The van der Waals surface area contributed by atoms with Crippen LogP contribution in [-0.4, -0.2) is 23.9 Å². The van der Waals surface area contributed by atoms with Crippen LogP contribution < -0.4 is 5.73 Å². The molecular formula is C14H18N2O. The average molecular weight is 230 g/mol. The van der Waals surface area contributed by atoms with E-state index in [-0.39, 0.29) is 12.3 Å². The number of carbonyl (C=O) groups is 1. The van der Waals surface area contributed by atoms with Crippen molar-refractivity contribution in [3.8, 4) is 12.3 Å². The van der Waals surface area contributed by atoms with Crippen LogP contribution in [0.1, 0.15) is 17.5 Å². The summed E-state index contributed by atoms with van der Waals surface area (Å²) in [6.07, 6.45) is 5.41. The molecular weight excluding hydrogens is 212 g/mol. The number of terminal acetylenes is 1. The van der Waals surface area contributed by atoms with E-state index < -0.39 is 6.04 Å². The van der Waals surface area contributed by atoms with Crippen LogP contribution in [0.15, 0.2) is 24.3 Å². The van der Waals surface area contributed by atoms with Crippen molar-refractivity contribution in [3.63, 3.8) is 0 Å². The molecule has 1 atom stereocenters. The molecule has 1 amide bonds. The molecule has 0 radical (unpaired) electrons. The summed E-state index contributed by atoms with van der Waals surface area (Å²) in [5.74, 6) is 2.28. The predicted octanol–water partition coefficient (Wildman–Crippen LogP) is 1.30. The lowest BCUT2D eigenvalue weighted by Crippen LogP contribution is -2.41. The van der Waals surface area contributed by atoms with Crippen molar-refractivity contribution in [1.82, 2.24) is 4.90 Å². The molecule has 0 aliphatic heterocycles. The second kappa shape index (κ2) is 6.07. The van der Waals surface area contributed by atoms with Gasteiger partial charge in [-0.1, -0.05) is 29.8 Å². The second-order valence-corrected chi connectivity index (χ2v) is 4.20. The van der Waals surface area contributed by atoms with Crippen LogP contribution in [0.5, 0.6) is 0 Å². The van der Waals surface area contributed by atoms with Crippen molar-refractivity contribution in [1.29, 1.82) is 0 Å². The lowest BCUT2D eigenvalue weighted by Gasteiger charge is -2.20. The molecule has 3 heteroatoms. The summed E-state index contributed by atoms with van der Waals surface area (Å²) in [6.45, 7) is 2.58. The molecule has 0 fully saturated rings. The third-order valence-corrected chi connectivity index (χ3v) is 2.53. The van der Waals surface area contributed by atoms with Gasteiger partial charge in [-0.15, -0.1) is 12.3 Å². The molecule has 1 rings (SSSR count). The van der Waals surface area contributed by atoms with Gasteiger partial charge in [-0.05, 0) is 12.5 Å². The van der Waals surface area contributed by atoms with E-state index in [4.69, 9.17) is 12.2 Å². The first-order chi connectivity index (χ1) is 8.04. The minimum atomic E-state index is -0.602. The summed E-state index contributed by atoms with van der Waals surface area (Å²) in [5, 5.41) is 0. The van der Waals surface area contributed by atoms with Gasteiger partial charge in [0.15, 0.2) is 0 Å². The lowest BCUT2D eigenvalue weighted by atomic mass is 10.1. The highest BCUT2D eigenvalue weighted by Crippen LogP contribution is 2.07. The summed E-state index contributed by atoms with van der Waals surface area (Å²) in [7, 11) is 1.74. The second-order valence-electron chi connectivity index (χ2n) is 4.20. The average Bonchev–Trinajstić information content (AvgIpc) is 2.28. The van der Waals surface area contributed by atoms with Crippen molar-refractivity contribution in [2.24, 2.45) is 5.73 Å². The normalized spacial score (nSPS) is 11.6. The molecule has 0 heterocycles. The number of nitrogens with two attached hydrogens (primary N) is 1. The minimum absolute atomic E-state index is 0.121. The predicted molar refractivity (Wildman–Crippen MR) is 69.1 cm³/mol. The summed E-state index contributed by atoms with van der Waals surface area (Å²) in [6, 6.07) is 7.44. The zero-order chi connectivity index (χ0) is 12.8. The minimum Gasteiger partial charge on any atom is -0.340 e. The van der Waals surface area contributed by atoms with Crippen LogP contribution in [0.25, 0.3) is 0 Å². The monoisotopic (exact) mass is 230 g/mol. The number of aryl methyl sites for hydroxylation is 1. The van der Waals surface area contributed by atoms with Crippen molar-refractivity contribution in [2.45, 2.75) is 25.9 Å². The van der Waals surface area contributed by atoms with E-state index in [1.807, 2.05) is 25.1 Å². The first-order valence-electron chi connectivity index (χ1n) is 5.54. The third kappa shape index (κ3) is 3.93. The zero-order valence-corrected chi connectivity index (χ0v) is 10.3. The highest BCUT2D eigenvalue weighted by molar-refractivity contribution is 5.81. The smallest absolute Gasteiger partial charge is 0.240 e. The Morgan fingerprint density at radius 1 is 1.59 bits per heavy atom. The quantitative estimate of drug-likeness (QED) is 0.793. The lowest BCUT2D eigenvalue weighted by molar-refractivity contribution is -0.131. The standard InChI is InChI=1S/C14H18N2O/c1-4-6-13(15)14(17)16(3)10-12-8-5-7-11(2)9-12/h1,5,7-9,13H,6,10,15H2,2-3H3. The maximum Gasteiger partial charge on any atom is 0.240 e. The molecule has 3 nitrogen and oxygen atoms in total. The van der Waals surface area contributed by atoms with Gasteiger partial charge in [-0.2, -0.15) is 0 Å². The van der Waals surface area contributed by atoms with Gasteiger partial charge in [-0.25, -0.2) is 0 Å². The summed E-state index contributed by atoms with van der Waals surface area (Å²) >= 11 is 0. The van der Waals surface area contributed by atoms with Gasteiger partial charge in [0.2, 0.25) is 5.91 Å². The van der Waals surface area contributed by atoms with E-state index >= 15 is 0 Å². The molecule has 0 saturated carbocycles. The fraction of sp³-hybridized carbons (Fsp3) is 0.357. The molecule has 0 saturated heterocycles. The van der Waals surface area contributed by atoms with Crippen LogP contribution in [0.4, 0.5) is 0 Å². The molecule has 17 heavy (non-hydrogen) atoms. The first kappa shape index (κ1) is 13.3. The number of likely N-dealkylation sites (N-methyl/N-ethyl adjacent to an activating group) is 1. The van der Waals surface area contributed by atoms with E-state index in [1.165, 1.54) is 5.56 Å². The number of amides is 1. The van der Waals surface area contributed by atoms with Crippen molar-refractivity contribution < 1.29 is 4.79 Å². The Hall–Kier alpha value is -1.79. The summed E-state index contributed by atoms with van der Waals surface area (Å²) < 4.78 is 0. The largest absolute Gasteiger partial charge is 0.340 e. The molecule has 0 aliphatic rings. The van der Waals surface area contributed by atoms with E-state index in [1.54, 1.807) is 11.9 Å². The number of benzene rings is 1. The van der Waals surface area contributed by atoms with Crippen LogP contribution in [-0.2, 0) is 11.3 Å². The Morgan fingerprint density at radius 2 is 2.29 bits per heavy atom. The van der Waals surface area contributed by atoms with Gasteiger partial charge in [0.05, 0.1) is 6.04 Å². The van der Waals surface area contributed by atoms with Crippen LogP contribution in [0.3, 0.4) is 0 Å². The van der Waals surface area contributed by atoms with Gasteiger partial charge >= 0.3 is 0 Å². The van der Waals surface area contributed by atoms with E-state index in [2.05, 4.69) is 12.0 Å². The Morgan fingerprint density at radius 3 is 2.88 bits per heavy atom. The van der Waals surface area contributed by atoms with E-state index in [9.17, 15) is 4.79 Å². The molecule has 0 aliphatic carbocycles. The van der Waals surface area contributed by atoms with Crippen LogP contribution in [0, 0.1) is 19.3 Å². The topological polar surface area (TPSA) is 46.3 Å². The number of nitrogens with zero attached hydrogens (tertiary/aromatic N) is 1. The van der Waals surface area contributed by atoms with E-state index in [0.717, 1.165) is 5.56 Å². The Labute approximate surface area is 103 Å². The highest BCUT2D eigenvalue weighted by Gasteiger charge is 2.16. The number of hydrogen-bond donors (Lipinski definition) is 1.